The molecule has 0 bridgehead atoms. The minimum Gasteiger partial charge on any atom is -0.307 e. The van der Waals surface area contributed by atoms with Crippen molar-refractivity contribution < 1.29 is 0 Å². The van der Waals surface area contributed by atoms with Crippen LogP contribution in [0.4, 0.5) is 0 Å². The first-order valence-electron chi connectivity index (χ1n) is 6.86. The predicted octanol–water partition coefficient (Wildman–Crippen LogP) is 2.70. The molecule has 19 heavy (non-hydrogen) atoms. The van der Waals surface area contributed by atoms with Gasteiger partial charge < -0.3 is 5.32 Å². The molecule has 1 aromatic carbocycles. The largest absolute Gasteiger partial charge is 0.307 e. The summed E-state index contributed by atoms with van der Waals surface area (Å²) < 4.78 is 0. The van der Waals surface area contributed by atoms with Crippen molar-refractivity contribution in [3.05, 3.63) is 47.0 Å². The number of nitrogens with zero attached hydrogens (tertiary/aromatic N) is 2. The van der Waals surface area contributed by atoms with Crippen LogP contribution in [0.3, 0.4) is 0 Å². The van der Waals surface area contributed by atoms with Gasteiger partial charge in [0.1, 0.15) is 12.2 Å². The fourth-order valence-electron chi connectivity index (χ4n) is 2.34. The molecule has 1 heterocycles. The second-order valence-corrected chi connectivity index (χ2v) is 4.95. The van der Waals surface area contributed by atoms with Gasteiger partial charge in [0.05, 0.1) is 6.04 Å². The van der Waals surface area contributed by atoms with E-state index in [1.54, 1.807) is 6.33 Å². The van der Waals surface area contributed by atoms with Crippen molar-refractivity contribution in [2.45, 2.75) is 39.7 Å². The Bertz CT molecular complexity index is 485. The molecule has 4 heteroatoms. The second-order valence-electron chi connectivity index (χ2n) is 4.95. The van der Waals surface area contributed by atoms with Gasteiger partial charge in [-0.3, -0.25) is 5.10 Å². The van der Waals surface area contributed by atoms with Gasteiger partial charge in [0.2, 0.25) is 0 Å². The highest BCUT2D eigenvalue weighted by molar-refractivity contribution is 5.34. The first-order valence-corrected chi connectivity index (χ1v) is 6.86. The molecule has 2 rings (SSSR count). The number of hydrogen-bond donors (Lipinski definition) is 2. The predicted molar refractivity (Wildman–Crippen MR) is 77.0 cm³/mol. The normalized spacial score (nSPS) is 12.6. The van der Waals surface area contributed by atoms with Crippen LogP contribution in [0.1, 0.15) is 41.9 Å². The molecule has 0 radical (unpaired) electrons. The van der Waals surface area contributed by atoms with Crippen LogP contribution in [0.15, 0.2) is 24.5 Å². The van der Waals surface area contributed by atoms with Crippen LogP contribution >= 0.6 is 0 Å². The van der Waals surface area contributed by atoms with E-state index in [-0.39, 0.29) is 6.04 Å². The first-order chi connectivity index (χ1) is 9.22. The van der Waals surface area contributed by atoms with E-state index >= 15 is 0 Å². The van der Waals surface area contributed by atoms with Crippen molar-refractivity contribution in [3.8, 4) is 0 Å². The van der Waals surface area contributed by atoms with E-state index in [1.807, 2.05) is 0 Å². The van der Waals surface area contributed by atoms with Gasteiger partial charge in [-0.2, -0.15) is 5.10 Å². The molecule has 0 aliphatic carbocycles. The lowest BCUT2D eigenvalue weighted by Gasteiger charge is -2.18. The van der Waals surface area contributed by atoms with Gasteiger partial charge in [-0.1, -0.05) is 25.1 Å². The number of benzene rings is 1. The summed E-state index contributed by atoms with van der Waals surface area (Å²) >= 11 is 0. The van der Waals surface area contributed by atoms with Crippen LogP contribution in [0.2, 0.25) is 0 Å². The number of H-pyrrole nitrogens is 1. The SMILES string of the molecule is CCCNC(Cc1c(C)cccc1C)c1ncn[nH]1. The molecule has 4 nitrogen and oxygen atoms in total. The maximum absolute atomic E-state index is 4.30. The summed E-state index contributed by atoms with van der Waals surface area (Å²) in [5, 5.41) is 10.5. The average Bonchev–Trinajstić information content (AvgIpc) is 2.91. The van der Waals surface area contributed by atoms with E-state index in [4.69, 9.17) is 0 Å². The summed E-state index contributed by atoms with van der Waals surface area (Å²) in [6, 6.07) is 6.64. The van der Waals surface area contributed by atoms with E-state index in [9.17, 15) is 0 Å². The maximum Gasteiger partial charge on any atom is 0.141 e. The van der Waals surface area contributed by atoms with E-state index in [2.05, 4.69) is 59.5 Å². The highest BCUT2D eigenvalue weighted by atomic mass is 15.2. The molecule has 102 valence electrons. The van der Waals surface area contributed by atoms with Crippen molar-refractivity contribution in [2.75, 3.05) is 6.54 Å². The summed E-state index contributed by atoms with van der Waals surface area (Å²) in [7, 11) is 0. The van der Waals surface area contributed by atoms with Gasteiger partial charge in [0.15, 0.2) is 0 Å². The summed E-state index contributed by atoms with van der Waals surface area (Å²) in [5.74, 6) is 0.913. The van der Waals surface area contributed by atoms with E-state index < -0.39 is 0 Å². The van der Waals surface area contributed by atoms with Crippen LogP contribution < -0.4 is 5.32 Å². The molecule has 0 saturated heterocycles. The van der Waals surface area contributed by atoms with E-state index in [1.165, 1.54) is 16.7 Å². The Morgan fingerprint density at radius 1 is 1.26 bits per heavy atom. The summed E-state index contributed by atoms with van der Waals surface area (Å²) in [6.45, 7) is 7.49. The van der Waals surface area contributed by atoms with Gasteiger partial charge in [-0.25, -0.2) is 4.98 Å². The third-order valence-corrected chi connectivity index (χ3v) is 3.46. The molecular formula is C15H22N4. The molecule has 0 aliphatic rings. The Kier molecular flexibility index (Phi) is 4.68. The van der Waals surface area contributed by atoms with Crippen LogP contribution in [-0.4, -0.2) is 21.7 Å². The molecule has 0 fully saturated rings. The monoisotopic (exact) mass is 258 g/mol. The molecule has 0 saturated carbocycles. The third kappa shape index (κ3) is 3.41. The lowest BCUT2D eigenvalue weighted by molar-refractivity contribution is 0.504. The molecule has 1 aromatic heterocycles. The Hall–Kier alpha value is -1.68. The van der Waals surface area contributed by atoms with Crippen LogP contribution in [0, 0.1) is 13.8 Å². The number of aromatic nitrogens is 3. The number of rotatable bonds is 6. The Balaban J connectivity index is 2.20. The smallest absolute Gasteiger partial charge is 0.141 e. The van der Waals surface area contributed by atoms with Crippen molar-refractivity contribution in [1.82, 2.24) is 20.5 Å². The minimum absolute atomic E-state index is 0.197. The minimum atomic E-state index is 0.197. The summed E-state index contributed by atoms with van der Waals surface area (Å²) in [4.78, 5) is 4.30. The van der Waals surface area contributed by atoms with Crippen LogP contribution in [-0.2, 0) is 6.42 Å². The van der Waals surface area contributed by atoms with Gasteiger partial charge >= 0.3 is 0 Å². The molecule has 0 spiro atoms. The van der Waals surface area contributed by atoms with Crippen LogP contribution in [0.5, 0.6) is 0 Å². The van der Waals surface area contributed by atoms with Crippen molar-refractivity contribution in [2.24, 2.45) is 0 Å². The number of nitrogens with one attached hydrogen (secondary N) is 2. The highest BCUT2D eigenvalue weighted by Gasteiger charge is 2.16. The summed E-state index contributed by atoms with van der Waals surface area (Å²) in [6.07, 6.45) is 3.62. The van der Waals surface area contributed by atoms with Crippen molar-refractivity contribution in [3.63, 3.8) is 0 Å². The quantitative estimate of drug-likeness (QED) is 0.837. The number of aryl methyl sites for hydroxylation is 2. The first kappa shape index (κ1) is 13.7. The fraction of sp³-hybridized carbons (Fsp3) is 0.467. The molecular weight excluding hydrogens is 236 g/mol. The lowest BCUT2D eigenvalue weighted by Crippen LogP contribution is -2.25. The molecule has 0 amide bonds. The van der Waals surface area contributed by atoms with Gasteiger partial charge in [0, 0.05) is 0 Å². The van der Waals surface area contributed by atoms with E-state index in [0.29, 0.717) is 0 Å². The zero-order valence-corrected chi connectivity index (χ0v) is 11.9. The Labute approximate surface area is 114 Å². The van der Waals surface area contributed by atoms with Crippen LogP contribution in [0.25, 0.3) is 0 Å². The zero-order valence-electron chi connectivity index (χ0n) is 11.9. The Morgan fingerprint density at radius 2 is 2.00 bits per heavy atom. The standard InChI is InChI=1S/C15H22N4/c1-4-8-16-14(15-17-10-18-19-15)9-13-11(2)6-5-7-12(13)3/h5-7,10,14,16H,4,8-9H2,1-3H3,(H,17,18,19). The Morgan fingerprint density at radius 3 is 2.58 bits per heavy atom. The molecule has 1 unspecified atom stereocenters. The van der Waals surface area contributed by atoms with Gasteiger partial charge in [-0.05, 0) is 49.9 Å². The number of aromatic amines is 1. The third-order valence-electron chi connectivity index (χ3n) is 3.46. The average molecular weight is 258 g/mol. The zero-order chi connectivity index (χ0) is 13.7. The topological polar surface area (TPSA) is 53.6 Å². The fourth-order valence-corrected chi connectivity index (χ4v) is 2.34. The van der Waals surface area contributed by atoms with Gasteiger partial charge in [-0.15, -0.1) is 0 Å². The van der Waals surface area contributed by atoms with Crippen molar-refractivity contribution >= 4 is 0 Å². The maximum atomic E-state index is 4.30. The van der Waals surface area contributed by atoms with Gasteiger partial charge in [0.25, 0.3) is 0 Å². The molecule has 0 aliphatic heterocycles. The molecule has 1 atom stereocenters. The molecule has 2 aromatic rings. The summed E-state index contributed by atoms with van der Waals surface area (Å²) in [5.41, 5.74) is 4.07. The number of hydrogen-bond acceptors (Lipinski definition) is 3. The van der Waals surface area contributed by atoms with E-state index in [0.717, 1.165) is 25.2 Å². The highest BCUT2D eigenvalue weighted by Crippen LogP contribution is 2.20. The lowest BCUT2D eigenvalue weighted by atomic mass is 9.96. The molecule has 2 N–H and O–H groups in total. The van der Waals surface area contributed by atoms with Crippen molar-refractivity contribution in [1.29, 1.82) is 0 Å². The second kappa shape index (κ2) is 6.48.